The van der Waals surface area contributed by atoms with Crippen molar-refractivity contribution in [2.24, 2.45) is 0 Å². The summed E-state index contributed by atoms with van der Waals surface area (Å²) in [5.74, 6) is 0.155. The maximum atomic E-state index is 11.9. The fraction of sp³-hybridized carbons (Fsp3) is 0.263. The maximum absolute atomic E-state index is 11.9. The van der Waals surface area contributed by atoms with Crippen LogP contribution >= 0.6 is 0 Å². The van der Waals surface area contributed by atoms with Crippen molar-refractivity contribution < 1.29 is 9.59 Å². The van der Waals surface area contributed by atoms with Gasteiger partial charge in [-0.3, -0.25) is 4.79 Å². The molecule has 0 radical (unpaired) electrons. The summed E-state index contributed by atoms with van der Waals surface area (Å²) < 4.78 is 0. The summed E-state index contributed by atoms with van der Waals surface area (Å²) in [5.41, 5.74) is 3.96. The van der Waals surface area contributed by atoms with Gasteiger partial charge in [0.05, 0.1) is 0 Å². The van der Waals surface area contributed by atoms with Crippen LogP contribution in [0.4, 0.5) is 16.2 Å². The van der Waals surface area contributed by atoms with Crippen molar-refractivity contribution in [2.75, 3.05) is 16.8 Å². The number of nitrogens with one attached hydrogen (secondary N) is 2. The minimum atomic E-state index is -0.232. The van der Waals surface area contributed by atoms with Crippen LogP contribution in [0.1, 0.15) is 24.5 Å². The second kappa shape index (κ2) is 7.17. The molecule has 0 unspecified atom stereocenters. The number of fused-ring (bicyclic) bond motifs is 1. The second-order valence-electron chi connectivity index (χ2n) is 5.79. The largest absolute Gasteiger partial charge is 0.334 e. The molecule has 0 atom stereocenters. The van der Waals surface area contributed by atoms with Crippen LogP contribution in [0.3, 0.4) is 0 Å². The molecule has 3 amide bonds. The van der Waals surface area contributed by atoms with Gasteiger partial charge in [0.15, 0.2) is 0 Å². The normalized spacial score (nSPS) is 12.6. The number of hydrogen-bond donors (Lipinski definition) is 2. The number of carbonyl (C=O) groups is 2. The van der Waals surface area contributed by atoms with Gasteiger partial charge < -0.3 is 15.5 Å². The first kappa shape index (κ1) is 16.1. The molecule has 1 aliphatic rings. The SMILES string of the molecule is CCC(=O)N1CCc2cc(CNC(=O)Nc3ccccc3)ccc21. The van der Waals surface area contributed by atoms with Crippen molar-refractivity contribution in [1.82, 2.24) is 5.32 Å². The van der Waals surface area contributed by atoms with Crippen LogP contribution in [0.5, 0.6) is 0 Å². The molecule has 0 fully saturated rings. The van der Waals surface area contributed by atoms with E-state index in [4.69, 9.17) is 0 Å². The van der Waals surface area contributed by atoms with Crippen LogP contribution in [-0.2, 0) is 17.8 Å². The molecule has 124 valence electrons. The Hall–Kier alpha value is -2.82. The number of para-hydroxylation sites is 1. The highest BCUT2D eigenvalue weighted by molar-refractivity contribution is 5.95. The Morgan fingerprint density at radius 2 is 1.92 bits per heavy atom. The summed E-state index contributed by atoms with van der Waals surface area (Å²) in [7, 11) is 0. The Kier molecular flexibility index (Phi) is 4.79. The zero-order valence-electron chi connectivity index (χ0n) is 13.7. The lowest BCUT2D eigenvalue weighted by atomic mass is 10.1. The van der Waals surface area contributed by atoms with Gasteiger partial charge in [-0.2, -0.15) is 0 Å². The predicted molar refractivity (Wildman–Crippen MR) is 95.1 cm³/mol. The second-order valence-corrected chi connectivity index (χ2v) is 5.79. The van der Waals surface area contributed by atoms with E-state index >= 15 is 0 Å². The van der Waals surface area contributed by atoms with E-state index in [-0.39, 0.29) is 11.9 Å². The van der Waals surface area contributed by atoms with Crippen molar-refractivity contribution in [3.8, 4) is 0 Å². The van der Waals surface area contributed by atoms with Gasteiger partial charge in [-0.1, -0.05) is 37.3 Å². The van der Waals surface area contributed by atoms with Gasteiger partial charge in [0.2, 0.25) is 5.91 Å². The molecule has 0 spiro atoms. The monoisotopic (exact) mass is 323 g/mol. The Bertz CT molecular complexity index is 744. The van der Waals surface area contributed by atoms with Gasteiger partial charge in [-0.05, 0) is 35.7 Å². The highest BCUT2D eigenvalue weighted by atomic mass is 16.2. The molecule has 5 heteroatoms. The first-order chi connectivity index (χ1) is 11.7. The first-order valence-corrected chi connectivity index (χ1v) is 8.19. The molecule has 0 saturated heterocycles. The third-order valence-electron chi connectivity index (χ3n) is 4.13. The van der Waals surface area contributed by atoms with Gasteiger partial charge in [0.25, 0.3) is 0 Å². The number of carbonyl (C=O) groups excluding carboxylic acids is 2. The number of rotatable bonds is 4. The van der Waals surface area contributed by atoms with E-state index in [1.54, 1.807) is 0 Å². The van der Waals surface area contributed by atoms with E-state index in [1.165, 1.54) is 5.56 Å². The number of urea groups is 1. The van der Waals surface area contributed by atoms with Crippen LogP contribution in [0.25, 0.3) is 0 Å². The summed E-state index contributed by atoms with van der Waals surface area (Å²) in [4.78, 5) is 25.7. The Morgan fingerprint density at radius 1 is 1.12 bits per heavy atom. The standard InChI is InChI=1S/C19H21N3O2/c1-2-18(23)22-11-10-15-12-14(8-9-17(15)22)13-20-19(24)21-16-6-4-3-5-7-16/h3-9,12H,2,10-11,13H2,1H3,(H2,20,21,24). The quantitative estimate of drug-likeness (QED) is 0.907. The summed E-state index contributed by atoms with van der Waals surface area (Å²) >= 11 is 0. The third kappa shape index (κ3) is 3.56. The molecule has 3 rings (SSSR count). The van der Waals surface area contributed by atoms with Gasteiger partial charge in [-0.25, -0.2) is 4.79 Å². The summed E-state index contributed by atoms with van der Waals surface area (Å²) in [6.07, 6.45) is 1.38. The summed E-state index contributed by atoms with van der Waals surface area (Å²) in [5, 5.41) is 5.64. The van der Waals surface area contributed by atoms with E-state index in [0.717, 1.165) is 29.9 Å². The molecule has 0 bridgehead atoms. The maximum Gasteiger partial charge on any atom is 0.319 e. The zero-order chi connectivity index (χ0) is 16.9. The molecule has 0 saturated carbocycles. The molecule has 2 aromatic rings. The molecule has 0 aromatic heterocycles. The average Bonchev–Trinajstić information content (AvgIpc) is 3.03. The lowest BCUT2D eigenvalue weighted by molar-refractivity contribution is -0.118. The van der Waals surface area contributed by atoms with Gasteiger partial charge in [0, 0.05) is 30.9 Å². The van der Waals surface area contributed by atoms with E-state index < -0.39 is 0 Å². The number of amides is 3. The average molecular weight is 323 g/mol. The number of hydrogen-bond acceptors (Lipinski definition) is 2. The van der Waals surface area contributed by atoms with Crippen molar-refractivity contribution >= 4 is 23.3 Å². The fourth-order valence-corrected chi connectivity index (χ4v) is 2.89. The van der Waals surface area contributed by atoms with Crippen LogP contribution in [-0.4, -0.2) is 18.5 Å². The smallest absolute Gasteiger partial charge is 0.319 e. The van der Waals surface area contributed by atoms with Crippen molar-refractivity contribution in [1.29, 1.82) is 0 Å². The molecule has 0 aliphatic carbocycles. The molecule has 1 aliphatic heterocycles. The lowest BCUT2D eigenvalue weighted by Gasteiger charge is -2.16. The molecular weight excluding hydrogens is 302 g/mol. The minimum absolute atomic E-state index is 0.155. The van der Waals surface area contributed by atoms with E-state index in [9.17, 15) is 9.59 Å². The molecular formula is C19H21N3O2. The van der Waals surface area contributed by atoms with Crippen LogP contribution in [0.2, 0.25) is 0 Å². The summed E-state index contributed by atoms with van der Waals surface area (Å²) in [6, 6.07) is 15.1. The summed E-state index contributed by atoms with van der Waals surface area (Å²) in [6.45, 7) is 3.07. The van der Waals surface area contributed by atoms with E-state index in [2.05, 4.69) is 16.7 Å². The molecule has 5 nitrogen and oxygen atoms in total. The minimum Gasteiger partial charge on any atom is -0.334 e. The van der Waals surface area contributed by atoms with Crippen molar-refractivity contribution in [3.05, 3.63) is 59.7 Å². The Labute approximate surface area is 141 Å². The first-order valence-electron chi connectivity index (χ1n) is 8.19. The number of nitrogens with zero attached hydrogens (tertiary/aromatic N) is 1. The highest BCUT2D eigenvalue weighted by Gasteiger charge is 2.23. The lowest BCUT2D eigenvalue weighted by Crippen LogP contribution is -2.28. The van der Waals surface area contributed by atoms with Crippen molar-refractivity contribution in [2.45, 2.75) is 26.3 Å². The van der Waals surface area contributed by atoms with E-state index in [1.807, 2.05) is 54.3 Å². The van der Waals surface area contributed by atoms with E-state index in [0.29, 0.717) is 13.0 Å². The number of benzene rings is 2. The number of anilines is 2. The van der Waals surface area contributed by atoms with Crippen LogP contribution < -0.4 is 15.5 Å². The van der Waals surface area contributed by atoms with Crippen LogP contribution in [0.15, 0.2) is 48.5 Å². The van der Waals surface area contributed by atoms with Gasteiger partial charge in [0.1, 0.15) is 0 Å². The molecule has 1 heterocycles. The Balaban J connectivity index is 1.59. The third-order valence-corrected chi connectivity index (χ3v) is 4.13. The molecule has 2 N–H and O–H groups in total. The van der Waals surface area contributed by atoms with Gasteiger partial charge >= 0.3 is 6.03 Å². The molecule has 24 heavy (non-hydrogen) atoms. The van der Waals surface area contributed by atoms with Crippen LogP contribution in [0, 0.1) is 0 Å². The predicted octanol–water partition coefficient (Wildman–Crippen LogP) is 3.31. The fourth-order valence-electron chi connectivity index (χ4n) is 2.89. The molecule has 2 aromatic carbocycles. The zero-order valence-corrected chi connectivity index (χ0v) is 13.7. The van der Waals surface area contributed by atoms with Crippen molar-refractivity contribution in [3.63, 3.8) is 0 Å². The van der Waals surface area contributed by atoms with Gasteiger partial charge in [-0.15, -0.1) is 0 Å². The highest BCUT2D eigenvalue weighted by Crippen LogP contribution is 2.29. The topological polar surface area (TPSA) is 61.4 Å². The Morgan fingerprint density at radius 3 is 2.67 bits per heavy atom.